The summed E-state index contributed by atoms with van der Waals surface area (Å²) in [6.07, 6.45) is 1.85. The summed E-state index contributed by atoms with van der Waals surface area (Å²) >= 11 is 0. The average molecular weight is 161 g/mol. The number of carbonyl (C=O) groups is 1. The molecule has 0 fully saturated rings. The number of carbonyl (C=O) groups excluding carboxylic acids is 1. The fourth-order valence-corrected chi connectivity index (χ4v) is 0.591. The molecule has 66 valence electrons. The Hall–Kier alpha value is -0.610. The van der Waals surface area contributed by atoms with E-state index in [1.54, 1.807) is 0 Å². The third kappa shape index (κ3) is 9.39. The summed E-state index contributed by atoms with van der Waals surface area (Å²) in [7, 11) is 0. The van der Waals surface area contributed by atoms with Crippen molar-refractivity contribution in [2.24, 2.45) is 5.73 Å². The van der Waals surface area contributed by atoms with Crippen LogP contribution in [0.1, 0.15) is 19.3 Å². The lowest BCUT2D eigenvalue weighted by molar-refractivity contribution is -0.119. The SMILES string of the molecule is NC(=O)CCOCCCCO. The van der Waals surface area contributed by atoms with Crippen LogP contribution in [-0.4, -0.2) is 30.8 Å². The van der Waals surface area contributed by atoms with Crippen molar-refractivity contribution in [3.8, 4) is 0 Å². The van der Waals surface area contributed by atoms with Gasteiger partial charge in [0.1, 0.15) is 0 Å². The molecule has 3 N–H and O–H groups in total. The molecule has 0 saturated carbocycles. The summed E-state index contributed by atoms with van der Waals surface area (Å²) < 4.78 is 5.03. The van der Waals surface area contributed by atoms with Gasteiger partial charge in [-0.05, 0) is 12.8 Å². The van der Waals surface area contributed by atoms with Crippen LogP contribution in [0.15, 0.2) is 0 Å². The van der Waals surface area contributed by atoms with Gasteiger partial charge in [-0.3, -0.25) is 4.79 Å². The molecule has 4 heteroatoms. The lowest BCUT2D eigenvalue weighted by atomic mass is 10.3. The first kappa shape index (κ1) is 10.4. The quantitative estimate of drug-likeness (QED) is 0.501. The van der Waals surface area contributed by atoms with Crippen LogP contribution in [0.25, 0.3) is 0 Å². The first-order valence-electron chi connectivity index (χ1n) is 3.74. The van der Waals surface area contributed by atoms with E-state index in [1.807, 2.05) is 0 Å². The Labute approximate surface area is 66.3 Å². The van der Waals surface area contributed by atoms with Gasteiger partial charge in [0.15, 0.2) is 0 Å². The molecule has 0 saturated heterocycles. The predicted octanol–water partition coefficient (Wildman–Crippen LogP) is -0.349. The Bertz CT molecular complexity index is 106. The minimum Gasteiger partial charge on any atom is -0.396 e. The van der Waals surface area contributed by atoms with Crippen molar-refractivity contribution >= 4 is 5.91 Å². The number of aliphatic hydroxyl groups excluding tert-OH is 1. The fraction of sp³-hybridized carbons (Fsp3) is 0.857. The zero-order valence-electron chi connectivity index (χ0n) is 6.58. The van der Waals surface area contributed by atoms with Crippen molar-refractivity contribution in [1.29, 1.82) is 0 Å². The van der Waals surface area contributed by atoms with E-state index in [9.17, 15) is 4.79 Å². The smallest absolute Gasteiger partial charge is 0.219 e. The van der Waals surface area contributed by atoms with Gasteiger partial charge in [-0.1, -0.05) is 0 Å². The Kier molecular flexibility index (Phi) is 7.08. The highest BCUT2D eigenvalue weighted by molar-refractivity contribution is 5.73. The van der Waals surface area contributed by atoms with E-state index in [0.717, 1.165) is 12.8 Å². The van der Waals surface area contributed by atoms with Crippen molar-refractivity contribution in [3.63, 3.8) is 0 Å². The number of unbranched alkanes of at least 4 members (excludes halogenated alkanes) is 1. The van der Waals surface area contributed by atoms with Gasteiger partial charge >= 0.3 is 0 Å². The lowest BCUT2D eigenvalue weighted by Crippen LogP contribution is -2.13. The van der Waals surface area contributed by atoms with Crippen LogP contribution < -0.4 is 5.73 Å². The third-order valence-corrected chi connectivity index (χ3v) is 1.19. The number of primary amides is 1. The molecule has 0 unspecified atom stereocenters. The monoisotopic (exact) mass is 161 g/mol. The number of hydrogen-bond donors (Lipinski definition) is 2. The van der Waals surface area contributed by atoms with E-state index in [1.165, 1.54) is 0 Å². The highest BCUT2D eigenvalue weighted by Crippen LogP contribution is 1.89. The van der Waals surface area contributed by atoms with Crippen molar-refractivity contribution in [2.75, 3.05) is 19.8 Å². The van der Waals surface area contributed by atoms with Gasteiger partial charge in [0.05, 0.1) is 6.61 Å². The van der Waals surface area contributed by atoms with Gasteiger partial charge in [0.2, 0.25) is 5.91 Å². The summed E-state index contributed by atoms with van der Waals surface area (Å²) in [6.45, 7) is 1.17. The number of amides is 1. The summed E-state index contributed by atoms with van der Waals surface area (Å²) in [5, 5.41) is 8.38. The maximum atomic E-state index is 10.2. The molecule has 0 spiro atoms. The van der Waals surface area contributed by atoms with Crippen LogP contribution in [0, 0.1) is 0 Å². The summed E-state index contributed by atoms with van der Waals surface area (Å²) in [4.78, 5) is 10.2. The Balaban J connectivity index is 2.85. The predicted molar refractivity (Wildman–Crippen MR) is 41.0 cm³/mol. The maximum absolute atomic E-state index is 10.2. The number of nitrogens with two attached hydrogens (primary N) is 1. The normalized spacial score (nSPS) is 9.91. The van der Waals surface area contributed by atoms with Gasteiger partial charge in [-0.25, -0.2) is 0 Å². The lowest BCUT2D eigenvalue weighted by Gasteiger charge is -2.00. The minimum atomic E-state index is -0.341. The molecule has 0 aromatic rings. The molecule has 0 radical (unpaired) electrons. The Morgan fingerprint density at radius 3 is 2.64 bits per heavy atom. The van der Waals surface area contributed by atoms with E-state index >= 15 is 0 Å². The second-order valence-electron chi connectivity index (χ2n) is 2.26. The third-order valence-electron chi connectivity index (χ3n) is 1.19. The van der Waals surface area contributed by atoms with Crippen LogP contribution in [-0.2, 0) is 9.53 Å². The highest BCUT2D eigenvalue weighted by Gasteiger charge is 1.93. The first-order valence-corrected chi connectivity index (χ1v) is 3.74. The number of hydrogen-bond acceptors (Lipinski definition) is 3. The van der Waals surface area contributed by atoms with Crippen molar-refractivity contribution in [3.05, 3.63) is 0 Å². The van der Waals surface area contributed by atoms with E-state index in [4.69, 9.17) is 15.6 Å². The number of aliphatic hydroxyl groups is 1. The molecule has 4 nitrogen and oxygen atoms in total. The van der Waals surface area contributed by atoms with E-state index in [-0.39, 0.29) is 18.9 Å². The van der Waals surface area contributed by atoms with E-state index in [2.05, 4.69) is 0 Å². The van der Waals surface area contributed by atoms with E-state index < -0.39 is 0 Å². The largest absolute Gasteiger partial charge is 0.396 e. The summed E-state index contributed by atoms with van der Waals surface area (Å²) in [5.74, 6) is -0.341. The number of ether oxygens (including phenoxy) is 1. The molecule has 0 aliphatic carbocycles. The molecule has 0 aliphatic heterocycles. The molecule has 0 aromatic heterocycles. The first-order chi connectivity index (χ1) is 5.27. The molecule has 11 heavy (non-hydrogen) atoms. The van der Waals surface area contributed by atoms with Gasteiger partial charge in [-0.15, -0.1) is 0 Å². The molecule has 0 aliphatic rings. The zero-order chi connectivity index (χ0) is 8.53. The van der Waals surface area contributed by atoms with Crippen molar-refractivity contribution in [1.82, 2.24) is 0 Å². The van der Waals surface area contributed by atoms with E-state index in [0.29, 0.717) is 13.2 Å². The molecule has 0 atom stereocenters. The molecule has 1 amide bonds. The fourth-order valence-electron chi connectivity index (χ4n) is 0.591. The summed E-state index contributed by atoms with van der Waals surface area (Å²) in [6, 6.07) is 0. The Morgan fingerprint density at radius 1 is 1.36 bits per heavy atom. The van der Waals surface area contributed by atoms with Crippen LogP contribution in [0.4, 0.5) is 0 Å². The maximum Gasteiger partial charge on any atom is 0.219 e. The molecule has 0 bridgehead atoms. The molecule has 0 rings (SSSR count). The second kappa shape index (κ2) is 7.50. The van der Waals surface area contributed by atoms with Gasteiger partial charge in [0.25, 0.3) is 0 Å². The topological polar surface area (TPSA) is 72.6 Å². The second-order valence-corrected chi connectivity index (χ2v) is 2.26. The molecule has 0 heterocycles. The summed E-state index contributed by atoms with van der Waals surface area (Å²) in [5.41, 5.74) is 4.87. The van der Waals surface area contributed by atoms with Crippen LogP contribution in [0.2, 0.25) is 0 Å². The zero-order valence-corrected chi connectivity index (χ0v) is 6.58. The van der Waals surface area contributed by atoms with Gasteiger partial charge in [-0.2, -0.15) is 0 Å². The Morgan fingerprint density at radius 2 is 2.09 bits per heavy atom. The molecular weight excluding hydrogens is 146 g/mol. The van der Waals surface area contributed by atoms with Crippen LogP contribution in [0.3, 0.4) is 0 Å². The van der Waals surface area contributed by atoms with Crippen molar-refractivity contribution < 1.29 is 14.6 Å². The van der Waals surface area contributed by atoms with Crippen molar-refractivity contribution in [2.45, 2.75) is 19.3 Å². The highest BCUT2D eigenvalue weighted by atomic mass is 16.5. The van der Waals surface area contributed by atoms with Gasteiger partial charge < -0.3 is 15.6 Å². The molecule has 0 aromatic carbocycles. The van der Waals surface area contributed by atoms with Crippen LogP contribution in [0.5, 0.6) is 0 Å². The van der Waals surface area contributed by atoms with Gasteiger partial charge in [0, 0.05) is 19.6 Å². The minimum absolute atomic E-state index is 0.194. The average Bonchev–Trinajstić information content (AvgIpc) is 1.96. The molecular formula is C7H15NO3. The van der Waals surface area contributed by atoms with Crippen LogP contribution >= 0.6 is 0 Å². The number of rotatable bonds is 7. The standard InChI is InChI=1S/C7H15NO3/c8-7(10)3-6-11-5-2-1-4-9/h9H,1-6H2,(H2,8,10).